The van der Waals surface area contributed by atoms with Crippen molar-refractivity contribution >= 4 is 23.4 Å². The van der Waals surface area contributed by atoms with Gasteiger partial charge < -0.3 is 15.0 Å². The van der Waals surface area contributed by atoms with Crippen LogP contribution in [0.4, 0.5) is 26.3 Å². The summed E-state index contributed by atoms with van der Waals surface area (Å²) in [6, 6.07) is 13.7. The topological polar surface area (TPSA) is 58.6 Å². The zero-order valence-corrected chi connectivity index (χ0v) is 22.8. The third-order valence-electron chi connectivity index (χ3n) is 6.42. The number of ether oxygens (including phenoxy) is 1. The minimum Gasteiger partial charge on any atom is -0.497 e. The predicted molar refractivity (Wildman–Crippen MR) is 142 cm³/mol. The molecule has 3 rings (SSSR count). The predicted octanol–water partition coefficient (Wildman–Crippen LogP) is 7.17. The van der Waals surface area contributed by atoms with Crippen LogP contribution in [0.1, 0.15) is 45.5 Å². The summed E-state index contributed by atoms with van der Waals surface area (Å²) in [6.07, 6.45) is -10.00. The first-order chi connectivity index (χ1) is 19.2. The van der Waals surface area contributed by atoms with Gasteiger partial charge in [-0.25, -0.2) is 0 Å². The molecule has 0 spiro atoms. The first kappa shape index (κ1) is 31.8. The lowest BCUT2D eigenvalue weighted by molar-refractivity contribution is -0.143. The van der Waals surface area contributed by atoms with Crippen LogP contribution in [0.15, 0.2) is 66.7 Å². The molecular formula is C29H27ClF6N2O3. The average molecular weight is 601 g/mol. The summed E-state index contributed by atoms with van der Waals surface area (Å²) in [5.41, 5.74) is -2.45. The number of rotatable bonds is 10. The Kier molecular flexibility index (Phi) is 10.3. The lowest BCUT2D eigenvalue weighted by atomic mass is 9.98. The van der Waals surface area contributed by atoms with Gasteiger partial charge in [-0.3, -0.25) is 9.59 Å². The van der Waals surface area contributed by atoms with Gasteiger partial charge in [0.2, 0.25) is 5.91 Å². The van der Waals surface area contributed by atoms with Gasteiger partial charge in [0.05, 0.1) is 18.2 Å². The number of carbonyl (C=O) groups excluding carboxylic acids is 2. The van der Waals surface area contributed by atoms with Crippen molar-refractivity contribution in [2.24, 2.45) is 0 Å². The van der Waals surface area contributed by atoms with E-state index in [1.165, 1.54) is 14.2 Å². The van der Waals surface area contributed by atoms with E-state index in [4.69, 9.17) is 16.3 Å². The number of nitrogens with zero attached hydrogens (tertiary/aromatic N) is 1. The Balaban J connectivity index is 1.82. The van der Waals surface area contributed by atoms with Crippen LogP contribution in [0.2, 0.25) is 5.02 Å². The molecule has 0 aliphatic rings. The third kappa shape index (κ3) is 9.14. The molecule has 41 heavy (non-hydrogen) atoms. The number of halogens is 7. The molecule has 1 atom stereocenters. The van der Waals surface area contributed by atoms with Crippen LogP contribution in [-0.4, -0.2) is 36.9 Å². The molecule has 2 amide bonds. The number of nitrogens with one attached hydrogen (secondary N) is 1. The number of carbonyl (C=O) groups is 2. The van der Waals surface area contributed by atoms with Crippen molar-refractivity contribution in [2.45, 2.75) is 44.2 Å². The standard InChI is InChI=1S/C29H27ClF6N2O3/c1-38(27(40)20-14-21(28(31,32)33)16-22(15-20)29(34,35)36)24(12-18-6-8-23(30)9-7-18)10-11-26(39)37-17-19-4-3-5-25(13-19)41-2/h3-9,13-16,24H,10-12,17H2,1-2H3,(H,37,39). The smallest absolute Gasteiger partial charge is 0.416 e. The molecule has 0 aliphatic heterocycles. The second-order valence-electron chi connectivity index (χ2n) is 9.36. The Morgan fingerprint density at radius 2 is 1.51 bits per heavy atom. The zero-order chi connectivity index (χ0) is 30.4. The second-order valence-corrected chi connectivity index (χ2v) is 9.80. The molecule has 0 saturated carbocycles. The minimum atomic E-state index is -5.10. The number of amides is 2. The van der Waals surface area contributed by atoms with Crippen molar-refractivity contribution in [1.82, 2.24) is 10.2 Å². The molecule has 0 radical (unpaired) electrons. The number of alkyl halides is 6. The molecule has 0 heterocycles. The summed E-state index contributed by atoms with van der Waals surface area (Å²) >= 11 is 5.94. The molecule has 0 saturated heterocycles. The van der Waals surface area contributed by atoms with Gasteiger partial charge in [-0.15, -0.1) is 0 Å². The van der Waals surface area contributed by atoms with E-state index in [9.17, 15) is 35.9 Å². The molecule has 0 bridgehead atoms. The molecule has 3 aromatic carbocycles. The lowest BCUT2D eigenvalue weighted by Crippen LogP contribution is -2.39. The molecule has 12 heteroatoms. The normalized spacial score (nSPS) is 12.5. The average Bonchev–Trinajstić information content (AvgIpc) is 2.93. The van der Waals surface area contributed by atoms with Crippen LogP contribution in [-0.2, 0) is 30.1 Å². The summed E-state index contributed by atoms with van der Waals surface area (Å²) in [5.74, 6) is -0.784. The van der Waals surface area contributed by atoms with Crippen LogP contribution in [0, 0.1) is 0 Å². The summed E-state index contributed by atoms with van der Waals surface area (Å²) < 4.78 is 85.4. The fourth-order valence-electron chi connectivity index (χ4n) is 4.14. The highest BCUT2D eigenvalue weighted by molar-refractivity contribution is 6.30. The van der Waals surface area contributed by atoms with Crippen molar-refractivity contribution in [3.63, 3.8) is 0 Å². The van der Waals surface area contributed by atoms with Crippen LogP contribution < -0.4 is 10.1 Å². The van der Waals surface area contributed by atoms with Crippen molar-refractivity contribution in [1.29, 1.82) is 0 Å². The number of hydrogen-bond donors (Lipinski definition) is 1. The van der Waals surface area contributed by atoms with Crippen molar-refractivity contribution < 1.29 is 40.7 Å². The van der Waals surface area contributed by atoms with Gasteiger partial charge in [-0.1, -0.05) is 35.9 Å². The Bertz CT molecular complexity index is 1330. The highest BCUT2D eigenvalue weighted by atomic mass is 35.5. The summed E-state index contributed by atoms with van der Waals surface area (Å²) in [6.45, 7) is 0.205. The van der Waals surface area contributed by atoms with E-state index in [-0.39, 0.29) is 37.8 Å². The van der Waals surface area contributed by atoms with Crippen LogP contribution >= 0.6 is 11.6 Å². The van der Waals surface area contributed by atoms with Gasteiger partial charge in [0, 0.05) is 36.6 Å². The number of methoxy groups -OCH3 is 1. The summed E-state index contributed by atoms with van der Waals surface area (Å²) in [4.78, 5) is 27.0. The first-order valence-corrected chi connectivity index (χ1v) is 12.8. The van der Waals surface area contributed by atoms with Crippen molar-refractivity contribution in [3.05, 3.63) is 99.6 Å². The highest BCUT2D eigenvalue weighted by Crippen LogP contribution is 2.36. The van der Waals surface area contributed by atoms with Crippen LogP contribution in [0.25, 0.3) is 0 Å². The van der Waals surface area contributed by atoms with E-state index >= 15 is 0 Å². The van der Waals surface area contributed by atoms with E-state index in [2.05, 4.69) is 5.32 Å². The maximum atomic E-state index is 13.4. The van der Waals surface area contributed by atoms with Crippen LogP contribution in [0.5, 0.6) is 5.75 Å². The summed E-state index contributed by atoms with van der Waals surface area (Å²) in [5, 5.41) is 3.21. The maximum Gasteiger partial charge on any atom is 0.416 e. The monoisotopic (exact) mass is 600 g/mol. The van der Waals surface area contributed by atoms with Crippen molar-refractivity contribution in [3.8, 4) is 5.75 Å². The lowest BCUT2D eigenvalue weighted by Gasteiger charge is -2.29. The Hall–Kier alpha value is -3.73. The second kappa shape index (κ2) is 13.3. The molecule has 5 nitrogen and oxygen atoms in total. The highest BCUT2D eigenvalue weighted by Gasteiger charge is 2.38. The SMILES string of the molecule is COc1cccc(CNC(=O)CCC(Cc2ccc(Cl)cc2)N(C)C(=O)c2cc(C(F)(F)F)cc(C(F)(F)F)c2)c1. The Morgan fingerprint density at radius 1 is 0.902 bits per heavy atom. The van der Waals surface area contributed by atoms with E-state index in [1.807, 2.05) is 0 Å². The van der Waals surface area contributed by atoms with E-state index < -0.39 is 41.0 Å². The maximum absolute atomic E-state index is 13.4. The number of hydrogen-bond acceptors (Lipinski definition) is 3. The fourth-order valence-corrected chi connectivity index (χ4v) is 4.27. The Labute approximate surface area is 238 Å². The van der Waals surface area contributed by atoms with Crippen molar-refractivity contribution in [2.75, 3.05) is 14.2 Å². The minimum absolute atomic E-state index is 0.0331. The van der Waals surface area contributed by atoms with Gasteiger partial charge in [-0.05, 0) is 66.4 Å². The molecule has 3 aromatic rings. The molecule has 0 aromatic heterocycles. The summed E-state index contributed by atoms with van der Waals surface area (Å²) in [7, 11) is 2.80. The number of likely N-dealkylation sites (N-methyl/N-ethyl adjacent to an activating group) is 1. The molecule has 220 valence electrons. The molecule has 0 fully saturated rings. The van der Waals surface area contributed by atoms with Gasteiger partial charge in [0.1, 0.15) is 5.75 Å². The first-order valence-electron chi connectivity index (χ1n) is 12.4. The molecular weight excluding hydrogens is 574 g/mol. The zero-order valence-electron chi connectivity index (χ0n) is 22.1. The quantitative estimate of drug-likeness (QED) is 0.251. The van der Waals surface area contributed by atoms with Gasteiger partial charge in [-0.2, -0.15) is 26.3 Å². The van der Waals surface area contributed by atoms with Gasteiger partial charge >= 0.3 is 12.4 Å². The van der Waals surface area contributed by atoms with Gasteiger partial charge in [0.15, 0.2) is 0 Å². The van der Waals surface area contributed by atoms with E-state index in [0.29, 0.717) is 28.5 Å². The van der Waals surface area contributed by atoms with E-state index in [1.54, 1.807) is 48.5 Å². The fraction of sp³-hybridized carbons (Fsp3) is 0.310. The third-order valence-corrected chi connectivity index (χ3v) is 6.67. The number of benzene rings is 3. The van der Waals surface area contributed by atoms with Crippen LogP contribution in [0.3, 0.4) is 0 Å². The Morgan fingerprint density at radius 3 is 2.07 bits per heavy atom. The van der Waals surface area contributed by atoms with Gasteiger partial charge in [0.25, 0.3) is 5.91 Å². The molecule has 1 unspecified atom stereocenters. The molecule has 1 N–H and O–H groups in total. The molecule has 0 aliphatic carbocycles. The van der Waals surface area contributed by atoms with E-state index in [0.717, 1.165) is 10.5 Å². The largest absolute Gasteiger partial charge is 0.497 e.